The van der Waals surface area contributed by atoms with Gasteiger partial charge in [0.1, 0.15) is 5.75 Å². The molecule has 1 nitrogen and oxygen atoms in total. The van der Waals surface area contributed by atoms with E-state index in [-0.39, 0.29) is 5.41 Å². The van der Waals surface area contributed by atoms with Gasteiger partial charge in [-0.05, 0) is 69.4 Å². The van der Waals surface area contributed by atoms with Crippen molar-refractivity contribution < 1.29 is 5.11 Å². The highest BCUT2D eigenvalue weighted by Gasteiger charge is 2.60. The Morgan fingerprint density at radius 1 is 1.31 bits per heavy atom. The second kappa shape index (κ2) is 2.95. The van der Waals surface area contributed by atoms with E-state index in [2.05, 4.69) is 49.4 Å². The van der Waals surface area contributed by atoms with Crippen LogP contribution >= 0.6 is 22.6 Å². The lowest BCUT2D eigenvalue weighted by atomic mass is 9.69. The highest BCUT2D eigenvalue weighted by atomic mass is 127. The van der Waals surface area contributed by atoms with Gasteiger partial charge in [0, 0.05) is 0 Å². The van der Waals surface area contributed by atoms with Crippen molar-refractivity contribution in [3.05, 3.63) is 26.8 Å². The van der Waals surface area contributed by atoms with Crippen LogP contribution in [-0.2, 0) is 5.41 Å². The number of aromatic hydroxyl groups is 1. The summed E-state index contributed by atoms with van der Waals surface area (Å²) in [6.45, 7) is 7.15. The highest BCUT2D eigenvalue weighted by Crippen LogP contribution is 2.68. The molecular formula is C14H17IO. The predicted molar refractivity (Wildman–Crippen MR) is 73.9 cm³/mol. The Kier molecular flexibility index (Phi) is 2.00. The maximum Gasteiger partial charge on any atom is 0.129 e. The molecule has 2 heteroatoms. The van der Waals surface area contributed by atoms with E-state index >= 15 is 0 Å². The van der Waals surface area contributed by atoms with Crippen LogP contribution < -0.4 is 0 Å². The smallest absolute Gasteiger partial charge is 0.129 e. The number of hydrogen-bond acceptors (Lipinski definition) is 1. The largest absolute Gasteiger partial charge is 0.507 e. The molecule has 1 fully saturated rings. The molecule has 2 aliphatic carbocycles. The van der Waals surface area contributed by atoms with Crippen LogP contribution in [0.3, 0.4) is 0 Å². The van der Waals surface area contributed by atoms with Gasteiger partial charge in [0.25, 0.3) is 0 Å². The number of fused-ring (bicyclic) bond motifs is 5. The fourth-order valence-corrected chi connectivity index (χ4v) is 5.01. The minimum atomic E-state index is 0.252. The van der Waals surface area contributed by atoms with Crippen molar-refractivity contribution in [1.82, 2.24) is 0 Å². The van der Waals surface area contributed by atoms with Gasteiger partial charge in [0.05, 0.1) is 3.57 Å². The topological polar surface area (TPSA) is 20.2 Å². The third kappa shape index (κ3) is 0.980. The number of hydrogen-bond donors (Lipinski definition) is 1. The molecule has 1 saturated carbocycles. The van der Waals surface area contributed by atoms with E-state index in [1.807, 2.05) is 6.07 Å². The van der Waals surface area contributed by atoms with Crippen LogP contribution in [0.2, 0.25) is 0 Å². The van der Waals surface area contributed by atoms with Crippen LogP contribution in [0.25, 0.3) is 0 Å². The first-order valence-electron chi connectivity index (χ1n) is 5.91. The average Bonchev–Trinajstić information content (AvgIpc) is 2.53. The summed E-state index contributed by atoms with van der Waals surface area (Å²) in [7, 11) is 0. The minimum Gasteiger partial charge on any atom is -0.507 e. The Bertz CT molecular complexity index is 478. The molecule has 2 bridgehead atoms. The molecule has 0 aliphatic heterocycles. The molecule has 0 unspecified atom stereocenters. The summed E-state index contributed by atoms with van der Waals surface area (Å²) >= 11 is 2.31. The van der Waals surface area contributed by atoms with E-state index in [1.165, 1.54) is 24.0 Å². The molecule has 0 amide bonds. The van der Waals surface area contributed by atoms with E-state index < -0.39 is 0 Å². The van der Waals surface area contributed by atoms with Gasteiger partial charge in [-0.15, -0.1) is 0 Å². The third-order valence-corrected chi connectivity index (χ3v) is 6.40. The van der Waals surface area contributed by atoms with Crippen molar-refractivity contribution in [1.29, 1.82) is 0 Å². The maximum atomic E-state index is 9.89. The zero-order chi connectivity index (χ0) is 11.7. The molecule has 0 radical (unpaired) electrons. The van der Waals surface area contributed by atoms with Gasteiger partial charge < -0.3 is 5.11 Å². The Hall–Kier alpha value is -0.250. The lowest BCUT2D eigenvalue weighted by molar-refractivity contribution is 0.230. The number of halogens is 1. The molecule has 86 valence electrons. The lowest BCUT2D eigenvalue weighted by Crippen LogP contribution is -2.31. The summed E-state index contributed by atoms with van der Waals surface area (Å²) < 4.78 is 1.08. The van der Waals surface area contributed by atoms with Crippen LogP contribution in [0.4, 0.5) is 0 Å². The Balaban J connectivity index is 2.35. The molecule has 2 atom stereocenters. The molecule has 1 aromatic rings. The SMILES string of the molecule is CC1(C)[C@@H]2CC[C@@]1(C)c1c2ccc(O)c1I. The predicted octanol–water partition coefficient (Wildman–Crippen LogP) is 4.17. The summed E-state index contributed by atoms with van der Waals surface area (Å²) in [5.74, 6) is 1.13. The van der Waals surface area contributed by atoms with Crippen LogP contribution in [0, 0.1) is 8.99 Å². The Morgan fingerprint density at radius 3 is 2.69 bits per heavy atom. The van der Waals surface area contributed by atoms with Gasteiger partial charge in [0.2, 0.25) is 0 Å². The van der Waals surface area contributed by atoms with Gasteiger partial charge in [-0.2, -0.15) is 0 Å². The van der Waals surface area contributed by atoms with Crippen molar-refractivity contribution >= 4 is 22.6 Å². The first-order valence-corrected chi connectivity index (χ1v) is 6.99. The van der Waals surface area contributed by atoms with Crippen molar-refractivity contribution in [2.24, 2.45) is 5.41 Å². The van der Waals surface area contributed by atoms with Gasteiger partial charge in [0.15, 0.2) is 0 Å². The lowest BCUT2D eigenvalue weighted by Gasteiger charge is -2.35. The highest BCUT2D eigenvalue weighted by molar-refractivity contribution is 14.1. The number of rotatable bonds is 0. The van der Waals surface area contributed by atoms with Crippen molar-refractivity contribution in [3.63, 3.8) is 0 Å². The standard InChI is InChI=1S/C14H17IO/c1-13(2)9-6-7-14(13,3)11-8(9)4-5-10(16)12(11)15/h4-5,9,16H,6-7H2,1-3H3/t9-,14+/m1/s1. The fourth-order valence-electron chi connectivity index (χ4n) is 3.92. The number of phenolic OH excluding ortho intramolecular Hbond substituents is 1. The summed E-state index contributed by atoms with van der Waals surface area (Å²) in [5, 5.41) is 9.89. The molecule has 1 N–H and O–H groups in total. The molecule has 16 heavy (non-hydrogen) atoms. The van der Waals surface area contributed by atoms with Gasteiger partial charge in [-0.25, -0.2) is 0 Å². The quantitative estimate of drug-likeness (QED) is 0.709. The zero-order valence-electron chi connectivity index (χ0n) is 9.97. The van der Waals surface area contributed by atoms with Crippen molar-refractivity contribution in [3.8, 4) is 5.75 Å². The maximum absolute atomic E-state index is 9.89. The van der Waals surface area contributed by atoms with Gasteiger partial charge in [-0.1, -0.05) is 26.8 Å². The number of benzene rings is 1. The van der Waals surface area contributed by atoms with Gasteiger partial charge >= 0.3 is 0 Å². The van der Waals surface area contributed by atoms with Crippen molar-refractivity contribution in [2.75, 3.05) is 0 Å². The van der Waals surface area contributed by atoms with Crippen LogP contribution in [0.15, 0.2) is 12.1 Å². The molecule has 0 heterocycles. The molecule has 1 aromatic carbocycles. The minimum absolute atomic E-state index is 0.252. The first kappa shape index (κ1) is 10.9. The van der Waals surface area contributed by atoms with E-state index in [9.17, 15) is 5.11 Å². The van der Waals surface area contributed by atoms with Crippen LogP contribution in [-0.4, -0.2) is 5.11 Å². The Morgan fingerprint density at radius 2 is 2.00 bits per heavy atom. The van der Waals surface area contributed by atoms with E-state index in [0.717, 1.165) is 3.57 Å². The Labute approximate surface area is 110 Å². The molecule has 2 aliphatic rings. The summed E-state index contributed by atoms with van der Waals surface area (Å²) in [4.78, 5) is 0. The number of phenols is 1. The van der Waals surface area contributed by atoms with Crippen molar-refractivity contribution in [2.45, 2.75) is 44.9 Å². The second-order valence-corrected chi connectivity index (χ2v) is 7.09. The normalized spacial score (nSPS) is 34.1. The molecule has 0 saturated heterocycles. The summed E-state index contributed by atoms with van der Waals surface area (Å²) in [6.07, 6.45) is 2.56. The summed E-state index contributed by atoms with van der Waals surface area (Å²) in [6, 6.07) is 4.00. The average molecular weight is 328 g/mol. The first-order chi connectivity index (χ1) is 7.39. The van der Waals surface area contributed by atoms with Crippen LogP contribution in [0.5, 0.6) is 5.75 Å². The van der Waals surface area contributed by atoms with E-state index in [0.29, 0.717) is 17.1 Å². The molecule has 0 aromatic heterocycles. The van der Waals surface area contributed by atoms with E-state index in [1.54, 1.807) is 0 Å². The zero-order valence-corrected chi connectivity index (χ0v) is 12.1. The van der Waals surface area contributed by atoms with E-state index in [4.69, 9.17) is 0 Å². The molecule has 0 spiro atoms. The second-order valence-electron chi connectivity index (χ2n) is 6.01. The van der Waals surface area contributed by atoms with Crippen LogP contribution in [0.1, 0.15) is 50.7 Å². The third-order valence-electron chi connectivity index (χ3n) is 5.31. The summed E-state index contributed by atoms with van der Waals surface area (Å²) in [5.41, 5.74) is 3.50. The molecular weight excluding hydrogens is 311 g/mol. The monoisotopic (exact) mass is 328 g/mol. The van der Waals surface area contributed by atoms with Gasteiger partial charge in [-0.3, -0.25) is 0 Å². The molecule has 3 rings (SSSR count). The fraction of sp³-hybridized carbons (Fsp3) is 0.571.